The molecule has 0 amide bonds. The van der Waals surface area contributed by atoms with Crippen molar-refractivity contribution < 1.29 is 23.1 Å². The average Bonchev–Trinajstić information content (AvgIpc) is 2.79. The number of carboxylic acids is 1. The zero-order valence-corrected chi connectivity index (χ0v) is 19.1. The third-order valence-electron chi connectivity index (χ3n) is 4.42. The zero-order chi connectivity index (χ0) is 26.3. The molecule has 0 saturated carbocycles. The number of nitrogens with zero attached hydrogens (tertiary/aromatic N) is 3. The SMILES string of the molecule is Cc1cc(C#N)cc(C)c1Nc1nc(Nc2ccc(C#N)cc2)cc(N)c1Cl.O=C(O)C(F)(F)F. The van der Waals surface area contributed by atoms with Crippen molar-refractivity contribution in [1.29, 1.82) is 10.5 Å². The van der Waals surface area contributed by atoms with Crippen LogP contribution >= 0.6 is 11.6 Å². The summed E-state index contributed by atoms with van der Waals surface area (Å²) in [6.07, 6.45) is -5.08. The summed E-state index contributed by atoms with van der Waals surface area (Å²) in [5.74, 6) is -1.83. The lowest BCUT2D eigenvalue weighted by Crippen LogP contribution is -2.21. The Kier molecular flexibility index (Phi) is 8.49. The Balaban J connectivity index is 0.000000540. The van der Waals surface area contributed by atoms with Gasteiger partial charge in [0.2, 0.25) is 0 Å². The van der Waals surface area contributed by atoms with E-state index in [1.807, 2.05) is 13.8 Å². The maximum atomic E-state index is 10.6. The van der Waals surface area contributed by atoms with Gasteiger partial charge in [-0.1, -0.05) is 11.6 Å². The summed E-state index contributed by atoms with van der Waals surface area (Å²) in [6.45, 7) is 3.82. The van der Waals surface area contributed by atoms with Crippen molar-refractivity contribution in [3.05, 3.63) is 69.7 Å². The van der Waals surface area contributed by atoms with Crippen molar-refractivity contribution in [2.24, 2.45) is 0 Å². The molecule has 5 N–H and O–H groups in total. The minimum atomic E-state index is -5.08. The number of rotatable bonds is 4. The van der Waals surface area contributed by atoms with Crippen molar-refractivity contribution >= 4 is 46.3 Å². The molecule has 8 nitrogen and oxygen atoms in total. The second-order valence-corrected chi connectivity index (χ2v) is 7.48. The lowest BCUT2D eigenvalue weighted by molar-refractivity contribution is -0.192. The van der Waals surface area contributed by atoms with Crippen LogP contribution in [0.3, 0.4) is 0 Å². The number of halogens is 4. The van der Waals surface area contributed by atoms with Gasteiger partial charge in [0.1, 0.15) is 10.8 Å². The number of alkyl halides is 3. The second-order valence-electron chi connectivity index (χ2n) is 7.10. The molecule has 2 aromatic carbocycles. The number of hydrogen-bond donors (Lipinski definition) is 4. The van der Waals surface area contributed by atoms with Crippen LogP contribution in [-0.2, 0) is 4.79 Å². The van der Waals surface area contributed by atoms with Crippen LogP contribution in [0.25, 0.3) is 0 Å². The number of hydrogen-bond acceptors (Lipinski definition) is 7. The molecule has 0 bridgehead atoms. The van der Waals surface area contributed by atoms with Gasteiger partial charge in [-0.25, -0.2) is 9.78 Å². The Hall–Kier alpha value is -4.48. The number of nitrogens with one attached hydrogen (secondary N) is 2. The number of aromatic nitrogens is 1. The number of aryl methyl sites for hydroxylation is 2. The summed E-state index contributed by atoms with van der Waals surface area (Å²) < 4.78 is 31.7. The minimum Gasteiger partial charge on any atom is -0.475 e. The van der Waals surface area contributed by atoms with Gasteiger partial charge >= 0.3 is 12.1 Å². The molecule has 12 heteroatoms. The third kappa shape index (κ3) is 7.25. The standard InChI is InChI=1S/C21H17ClN6.C2HF3O2/c1-12-7-15(11-24)8-13(2)20(12)28-21-19(22)17(25)9-18(27-21)26-16-5-3-14(10-23)4-6-16;3-2(4,5)1(6)7/h3-9H,1-2H3,(H4,25,26,27,28);(H,6,7). The van der Waals surface area contributed by atoms with E-state index in [-0.39, 0.29) is 0 Å². The lowest BCUT2D eigenvalue weighted by Gasteiger charge is -2.16. The number of benzene rings is 2. The number of carboxylic acid groups (broad SMARTS) is 1. The molecule has 0 saturated heterocycles. The van der Waals surface area contributed by atoms with Crippen LogP contribution in [0.1, 0.15) is 22.3 Å². The smallest absolute Gasteiger partial charge is 0.475 e. The van der Waals surface area contributed by atoms with Crippen molar-refractivity contribution in [2.75, 3.05) is 16.4 Å². The Bertz CT molecular complexity index is 1310. The molecule has 0 radical (unpaired) electrons. The van der Waals surface area contributed by atoms with Gasteiger partial charge in [0, 0.05) is 17.4 Å². The maximum absolute atomic E-state index is 10.6. The molecule has 0 fully saturated rings. The number of pyridine rings is 1. The molecule has 1 aromatic heterocycles. The van der Waals surface area contributed by atoms with Gasteiger partial charge in [-0.05, 0) is 61.4 Å². The highest BCUT2D eigenvalue weighted by molar-refractivity contribution is 6.35. The van der Waals surface area contributed by atoms with E-state index in [0.717, 1.165) is 22.5 Å². The van der Waals surface area contributed by atoms with Gasteiger partial charge in [0.05, 0.1) is 29.0 Å². The highest BCUT2D eigenvalue weighted by Crippen LogP contribution is 2.34. The van der Waals surface area contributed by atoms with Crippen molar-refractivity contribution in [1.82, 2.24) is 4.98 Å². The summed E-state index contributed by atoms with van der Waals surface area (Å²) >= 11 is 6.35. The molecule has 3 rings (SSSR count). The zero-order valence-electron chi connectivity index (χ0n) is 18.3. The Morgan fingerprint density at radius 3 is 2.00 bits per heavy atom. The maximum Gasteiger partial charge on any atom is 0.490 e. The molecule has 3 aromatic rings. The summed E-state index contributed by atoms with van der Waals surface area (Å²) in [7, 11) is 0. The summed E-state index contributed by atoms with van der Waals surface area (Å²) in [5.41, 5.74) is 11.0. The van der Waals surface area contributed by atoms with Gasteiger partial charge in [-0.15, -0.1) is 0 Å². The van der Waals surface area contributed by atoms with Crippen molar-refractivity contribution in [2.45, 2.75) is 20.0 Å². The van der Waals surface area contributed by atoms with E-state index in [9.17, 15) is 13.2 Å². The quantitative estimate of drug-likeness (QED) is 0.350. The van der Waals surface area contributed by atoms with Gasteiger partial charge in [0.25, 0.3) is 0 Å². The predicted molar refractivity (Wildman–Crippen MR) is 126 cm³/mol. The fourth-order valence-electron chi connectivity index (χ4n) is 2.82. The molecule has 0 spiro atoms. The van der Waals surface area contributed by atoms with Crippen molar-refractivity contribution in [3.8, 4) is 12.1 Å². The first kappa shape index (κ1) is 26.8. The first-order chi connectivity index (χ1) is 16.3. The van der Waals surface area contributed by atoms with Gasteiger partial charge < -0.3 is 21.5 Å². The van der Waals surface area contributed by atoms with Crippen molar-refractivity contribution in [3.63, 3.8) is 0 Å². The normalized spacial score (nSPS) is 10.3. The largest absolute Gasteiger partial charge is 0.490 e. The number of nitrogens with two attached hydrogens (primary N) is 1. The van der Waals surface area contributed by atoms with E-state index in [1.54, 1.807) is 42.5 Å². The Labute approximate surface area is 203 Å². The highest BCUT2D eigenvalue weighted by atomic mass is 35.5. The van der Waals surface area contributed by atoms with E-state index in [4.69, 9.17) is 37.8 Å². The van der Waals surface area contributed by atoms with E-state index < -0.39 is 12.1 Å². The van der Waals surface area contributed by atoms with Crippen LogP contribution in [0.5, 0.6) is 0 Å². The molecule has 1 heterocycles. The molecule has 180 valence electrons. The molecule has 0 aliphatic heterocycles. The van der Waals surface area contributed by atoms with Gasteiger partial charge in [-0.2, -0.15) is 23.7 Å². The molecule has 0 aliphatic carbocycles. The molecule has 35 heavy (non-hydrogen) atoms. The lowest BCUT2D eigenvalue weighted by atomic mass is 10.0. The number of nitrogen functional groups attached to an aromatic ring is 1. The first-order valence-electron chi connectivity index (χ1n) is 9.67. The van der Waals surface area contributed by atoms with Crippen LogP contribution in [-0.4, -0.2) is 22.2 Å². The van der Waals surface area contributed by atoms with E-state index in [2.05, 4.69) is 27.8 Å². The number of aliphatic carboxylic acids is 1. The monoisotopic (exact) mass is 502 g/mol. The fraction of sp³-hybridized carbons (Fsp3) is 0.130. The molecular weight excluding hydrogens is 485 g/mol. The molecule has 0 atom stereocenters. The van der Waals surface area contributed by atoms with Crippen LogP contribution < -0.4 is 16.4 Å². The van der Waals surface area contributed by atoms with E-state index in [1.165, 1.54) is 0 Å². The minimum absolute atomic E-state index is 0.313. The summed E-state index contributed by atoms with van der Waals surface area (Å²) in [4.78, 5) is 13.4. The van der Waals surface area contributed by atoms with Gasteiger partial charge in [0.15, 0.2) is 5.82 Å². The number of nitriles is 2. The fourth-order valence-corrected chi connectivity index (χ4v) is 2.96. The first-order valence-corrected chi connectivity index (χ1v) is 10.0. The average molecular weight is 503 g/mol. The van der Waals surface area contributed by atoms with Crippen LogP contribution in [0, 0.1) is 36.5 Å². The van der Waals surface area contributed by atoms with Crippen LogP contribution in [0.2, 0.25) is 5.02 Å². The number of carbonyl (C=O) groups is 1. The van der Waals surface area contributed by atoms with E-state index >= 15 is 0 Å². The second kappa shape index (κ2) is 11.1. The summed E-state index contributed by atoms with van der Waals surface area (Å²) in [5, 5.41) is 31.8. The molecular formula is C23H18ClF3N6O2. The van der Waals surface area contributed by atoms with E-state index in [0.29, 0.717) is 33.5 Å². The topological polar surface area (TPSA) is 148 Å². The molecule has 0 aliphatic rings. The number of anilines is 5. The third-order valence-corrected chi connectivity index (χ3v) is 4.82. The summed E-state index contributed by atoms with van der Waals surface area (Å²) in [6, 6.07) is 16.5. The van der Waals surface area contributed by atoms with Crippen LogP contribution in [0.15, 0.2) is 42.5 Å². The highest BCUT2D eigenvalue weighted by Gasteiger charge is 2.38. The Morgan fingerprint density at radius 2 is 1.54 bits per heavy atom. The Morgan fingerprint density at radius 1 is 1.03 bits per heavy atom. The molecule has 0 unspecified atom stereocenters. The van der Waals surface area contributed by atoms with Crippen LogP contribution in [0.4, 0.5) is 41.9 Å². The van der Waals surface area contributed by atoms with Gasteiger partial charge in [-0.3, -0.25) is 0 Å². The predicted octanol–water partition coefficient (Wildman–Crippen LogP) is 5.80.